The van der Waals surface area contributed by atoms with Gasteiger partial charge in [0.2, 0.25) is 0 Å². The number of halogens is 2. The van der Waals surface area contributed by atoms with Crippen molar-refractivity contribution in [3.63, 3.8) is 0 Å². The molecule has 1 aliphatic rings. The summed E-state index contributed by atoms with van der Waals surface area (Å²) in [5.74, 6) is -0.379. The molecular formula is C15H19ClFNO2. The Labute approximate surface area is 123 Å². The first kappa shape index (κ1) is 15.3. The summed E-state index contributed by atoms with van der Waals surface area (Å²) in [6.07, 6.45) is 1.57. The Morgan fingerprint density at radius 2 is 2.15 bits per heavy atom. The number of rotatable bonds is 4. The lowest BCUT2D eigenvalue weighted by molar-refractivity contribution is -0.149. The van der Waals surface area contributed by atoms with E-state index in [1.807, 2.05) is 6.92 Å². The zero-order valence-electron chi connectivity index (χ0n) is 11.6. The van der Waals surface area contributed by atoms with Gasteiger partial charge in [0.1, 0.15) is 5.82 Å². The Balaban J connectivity index is 1.88. The number of ether oxygens (including phenoxy) is 1. The van der Waals surface area contributed by atoms with Crippen LogP contribution in [0.5, 0.6) is 0 Å². The lowest BCUT2D eigenvalue weighted by atomic mass is 9.96. The van der Waals surface area contributed by atoms with Crippen molar-refractivity contribution in [2.75, 3.05) is 19.7 Å². The molecule has 0 saturated carbocycles. The monoisotopic (exact) mass is 299 g/mol. The second-order valence-corrected chi connectivity index (χ2v) is 5.45. The van der Waals surface area contributed by atoms with Gasteiger partial charge in [0.05, 0.1) is 12.5 Å². The van der Waals surface area contributed by atoms with E-state index >= 15 is 0 Å². The minimum atomic E-state index is -0.272. The summed E-state index contributed by atoms with van der Waals surface area (Å²) in [4.78, 5) is 13.8. The Morgan fingerprint density at radius 1 is 1.45 bits per heavy atom. The van der Waals surface area contributed by atoms with E-state index in [2.05, 4.69) is 4.90 Å². The van der Waals surface area contributed by atoms with Crippen molar-refractivity contribution in [2.24, 2.45) is 5.92 Å². The van der Waals surface area contributed by atoms with Gasteiger partial charge in [-0.25, -0.2) is 4.39 Å². The van der Waals surface area contributed by atoms with Crippen molar-refractivity contribution in [1.29, 1.82) is 0 Å². The zero-order valence-corrected chi connectivity index (χ0v) is 12.3. The number of hydrogen-bond acceptors (Lipinski definition) is 3. The van der Waals surface area contributed by atoms with E-state index in [1.165, 1.54) is 12.1 Å². The van der Waals surface area contributed by atoms with Crippen LogP contribution in [-0.2, 0) is 16.1 Å². The highest BCUT2D eigenvalue weighted by Crippen LogP contribution is 2.23. The van der Waals surface area contributed by atoms with Crippen molar-refractivity contribution in [3.8, 4) is 0 Å². The molecule has 1 aromatic carbocycles. The van der Waals surface area contributed by atoms with Crippen molar-refractivity contribution in [2.45, 2.75) is 26.3 Å². The topological polar surface area (TPSA) is 29.5 Å². The van der Waals surface area contributed by atoms with Crippen LogP contribution in [0.3, 0.4) is 0 Å². The molecule has 0 radical (unpaired) electrons. The van der Waals surface area contributed by atoms with Crippen molar-refractivity contribution < 1.29 is 13.9 Å². The summed E-state index contributed by atoms with van der Waals surface area (Å²) in [6.45, 7) is 4.47. The van der Waals surface area contributed by atoms with E-state index in [0.29, 0.717) is 18.2 Å². The molecule has 1 aromatic rings. The molecule has 1 aliphatic heterocycles. The average molecular weight is 300 g/mol. The van der Waals surface area contributed by atoms with Crippen LogP contribution in [0.2, 0.25) is 5.02 Å². The summed E-state index contributed by atoms with van der Waals surface area (Å²) in [5, 5.41) is 0.582. The molecule has 0 amide bonds. The van der Waals surface area contributed by atoms with Gasteiger partial charge in [-0.05, 0) is 56.6 Å². The molecule has 0 bridgehead atoms. The first-order valence-electron chi connectivity index (χ1n) is 6.93. The maximum Gasteiger partial charge on any atom is 0.309 e. The second kappa shape index (κ2) is 7.04. The Bertz CT molecular complexity index is 473. The standard InChI is InChI=1S/C15H19ClFNO2/c1-2-20-15(19)11-5-7-18(8-6-11)10-12-9-13(17)3-4-14(12)16/h3-4,9,11H,2,5-8,10H2,1H3. The summed E-state index contributed by atoms with van der Waals surface area (Å²) in [5.41, 5.74) is 0.793. The highest BCUT2D eigenvalue weighted by atomic mass is 35.5. The summed E-state index contributed by atoms with van der Waals surface area (Å²) >= 11 is 6.07. The molecule has 0 aliphatic carbocycles. The Hall–Kier alpha value is -1.13. The van der Waals surface area contributed by atoms with Crippen LogP contribution in [-0.4, -0.2) is 30.6 Å². The number of hydrogen-bond donors (Lipinski definition) is 0. The number of esters is 1. The molecule has 1 heterocycles. The summed E-state index contributed by atoms with van der Waals surface area (Å²) in [7, 11) is 0. The van der Waals surface area contributed by atoms with Gasteiger partial charge < -0.3 is 4.74 Å². The van der Waals surface area contributed by atoms with E-state index in [-0.39, 0.29) is 17.7 Å². The van der Waals surface area contributed by atoms with Crippen molar-refractivity contribution in [1.82, 2.24) is 4.90 Å². The molecule has 1 fully saturated rings. The fraction of sp³-hybridized carbons (Fsp3) is 0.533. The second-order valence-electron chi connectivity index (χ2n) is 5.04. The third-order valence-corrected chi connectivity index (χ3v) is 3.98. The van der Waals surface area contributed by atoms with Gasteiger partial charge in [-0.3, -0.25) is 9.69 Å². The average Bonchev–Trinajstić information content (AvgIpc) is 2.44. The van der Waals surface area contributed by atoms with Crippen LogP contribution in [0.4, 0.5) is 4.39 Å². The molecule has 0 N–H and O–H groups in total. The summed E-state index contributed by atoms with van der Waals surface area (Å²) in [6, 6.07) is 4.41. The molecule has 0 aromatic heterocycles. The van der Waals surface area contributed by atoms with E-state index in [1.54, 1.807) is 6.07 Å². The van der Waals surface area contributed by atoms with Gasteiger partial charge in [-0.15, -0.1) is 0 Å². The summed E-state index contributed by atoms with van der Waals surface area (Å²) < 4.78 is 18.3. The number of benzene rings is 1. The fourth-order valence-corrected chi connectivity index (χ4v) is 2.67. The largest absolute Gasteiger partial charge is 0.466 e. The minimum absolute atomic E-state index is 0.00539. The molecule has 2 rings (SSSR count). The predicted octanol–water partition coefficient (Wildman–Crippen LogP) is 3.25. The first-order valence-corrected chi connectivity index (χ1v) is 7.31. The lowest BCUT2D eigenvalue weighted by Crippen LogP contribution is -2.36. The van der Waals surface area contributed by atoms with Gasteiger partial charge in [0.25, 0.3) is 0 Å². The molecule has 0 spiro atoms. The number of carbonyl (C=O) groups excluding carboxylic acids is 1. The van der Waals surface area contributed by atoms with Crippen LogP contribution in [0.15, 0.2) is 18.2 Å². The smallest absolute Gasteiger partial charge is 0.309 e. The molecular weight excluding hydrogens is 281 g/mol. The quantitative estimate of drug-likeness (QED) is 0.799. The number of carbonyl (C=O) groups is 1. The molecule has 20 heavy (non-hydrogen) atoms. The third kappa shape index (κ3) is 3.93. The van der Waals surface area contributed by atoms with Crippen molar-refractivity contribution in [3.05, 3.63) is 34.6 Å². The van der Waals surface area contributed by atoms with E-state index in [4.69, 9.17) is 16.3 Å². The van der Waals surface area contributed by atoms with Gasteiger partial charge in [0, 0.05) is 11.6 Å². The SMILES string of the molecule is CCOC(=O)C1CCN(Cc2cc(F)ccc2Cl)CC1. The van der Waals surface area contributed by atoms with Crippen LogP contribution >= 0.6 is 11.6 Å². The highest BCUT2D eigenvalue weighted by Gasteiger charge is 2.26. The lowest BCUT2D eigenvalue weighted by Gasteiger charge is -2.31. The van der Waals surface area contributed by atoms with Crippen LogP contribution in [0.1, 0.15) is 25.3 Å². The predicted molar refractivity (Wildman–Crippen MR) is 76.0 cm³/mol. The molecule has 5 heteroatoms. The van der Waals surface area contributed by atoms with Gasteiger partial charge in [0.15, 0.2) is 0 Å². The molecule has 110 valence electrons. The molecule has 1 saturated heterocycles. The van der Waals surface area contributed by atoms with E-state index in [9.17, 15) is 9.18 Å². The van der Waals surface area contributed by atoms with Gasteiger partial charge in [-0.2, -0.15) is 0 Å². The van der Waals surface area contributed by atoms with Crippen molar-refractivity contribution >= 4 is 17.6 Å². The van der Waals surface area contributed by atoms with Gasteiger partial charge >= 0.3 is 5.97 Å². The minimum Gasteiger partial charge on any atom is -0.466 e. The number of nitrogens with zero attached hydrogens (tertiary/aromatic N) is 1. The molecule has 0 atom stereocenters. The maximum absolute atomic E-state index is 13.2. The van der Waals surface area contributed by atoms with Crippen LogP contribution in [0, 0.1) is 11.7 Å². The fourth-order valence-electron chi connectivity index (χ4n) is 2.49. The third-order valence-electron chi connectivity index (χ3n) is 3.61. The zero-order chi connectivity index (χ0) is 14.5. The Morgan fingerprint density at radius 3 is 2.80 bits per heavy atom. The molecule has 0 unspecified atom stereocenters. The van der Waals surface area contributed by atoms with E-state index in [0.717, 1.165) is 31.5 Å². The van der Waals surface area contributed by atoms with Crippen LogP contribution < -0.4 is 0 Å². The maximum atomic E-state index is 13.2. The van der Waals surface area contributed by atoms with E-state index < -0.39 is 0 Å². The van der Waals surface area contributed by atoms with Crippen LogP contribution in [0.25, 0.3) is 0 Å². The number of piperidine rings is 1. The first-order chi connectivity index (χ1) is 9.60. The highest BCUT2D eigenvalue weighted by molar-refractivity contribution is 6.31. The Kier molecular flexibility index (Phi) is 5.38. The van der Waals surface area contributed by atoms with Gasteiger partial charge in [-0.1, -0.05) is 11.6 Å². The number of likely N-dealkylation sites (tertiary alicyclic amines) is 1. The molecule has 3 nitrogen and oxygen atoms in total. The normalized spacial score (nSPS) is 17.1.